The van der Waals surface area contributed by atoms with Crippen molar-refractivity contribution in [2.75, 3.05) is 0 Å². The van der Waals surface area contributed by atoms with Crippen LogP contribution in [0.3, 0.4) is 0 Å². The van der Waals surface area contributed by atoms with E-state index in [0.717, 1.165) is 5.69 Å². The second kappa shape index (κ2) is 11.1. The van der Waals surface area contributed by atoms with Crippen LogP contribution in [-0.2, 0) is 5.41 Å². The van der Waals surface area contributed by atoms with Crippen molar-refractivity contribution in [3.8, 4) is 22.5 Å². The number of rotatable bonds is 5. The molecule has 2 heterocycles. The molecule has 0 aliphatic carbocycles. The van der Waals surface area contributed by atoms with Gasteiger partial charge in [-0.25, -0.2) is 0 Å². The first-order valence-electron chi connectivity index (χ1n) is 17.2. The Morgan fingerprint density at radius 1 is 0.367 bits per heavy atom. The van der Waals surface area contributed by atoms with Crippen LogP contribution in [0.15, 0.2) is 158 Å². The first kappa shape index (κ1) is 29.3. The Labute approximate surface area is 287 Å². The molecule has 9 aromatic rings. The lowest BCUT2D eigenvalue weighted by Crippen LogP contribution is -2.18. The van der Waals surface area contributed by atoms with Gasteiger partial charge in [-0.2, -0.15) is 0 Å². The summed E-state index contributed by atoms with van der Waals surface area (Å²) in [5.74, 6) is 0. The molecule has 0 N–H and O–H groups in total. The fourth-order valence-corrected chi connectivity index (χ4v) is 7.82. The molecular formula is C47H38N2. The molecule has 2 heteroatoms. The molecule has 0 aliphatic rings. The van der Waals surface area contributed by atoms with Crippen LogP contribution in [0.4, 0.5) is 0 Å². The molecule has 0 spiro atoms. The van der Waals surface area contributed by atoms with Crippen molar-refractivity contribution in [1.82, 2.24) is 9.13 Å². The summed E-state index contributed by atoms with van der Waals surface area (Å²) in [6.07, 6.45) is 0. The van der Waals surface area contributed by atoms with Crippen molar-refractivity contribution in [2.24, 2.45) is 0 Å². The number of benzene rings is 7. The number of aromatic nitrogens is 2. The lowest BCUT2D eigenvalue weighted by molar-refractivity contribution is 0.641. The number of hydrogen-bond donors (Lipinski definition) is 0. The quantitative estimate of drug-likeness (QED) is 0.179. The maximum atomic E-state index is 2.44. The average Bonchev–Trinajstić information content (AvgIpc) is 3.63. The van der Waals surface area contributed by atoms with Gasteiger partial charge in [0.05, 0.1) is 22.1 Å². The van der Waals surface area contributed by atoms with Crippen molar-refractivity contribution in [2.45, 2.75) is 33.1 Å². The van der Waals surface area contributed by atoms with Gasteiger partial charge in [0.15, 0.2) is 0 Å². The predicted molar refractivity (Wildman–Crippen MR) is 209 cm³/mol. The van der Waals surface area contributed by atoms with Crippen LogP contribution in [0.5, 0.6) is 0 Å². The summed E-state index contributed by atoms with van der Waals surface area (Å²) < 4.78 is 4.87. The predicted octanol–water partition coefficient (Wildman–Crippen LogP) is 12.5. The Morgan fingerprint density at radius 2 is 0.816 bits per heavy atom. The van der Waals surface area contributed by atoms with E-state index in [2.05, 4.69) is 195 Å². The van der Waals surface area contributed by atoms with E-state index < -0.39 is 0 Å². The van der Waals surface area contributed by atoms with E-state index >= 15 is 0 Å². The number of nitrogens with zero attached hydrogens (tertiary/aromatic N) is 2. The van der Waals surface area contributed by atoms with E-state index in [1.165, 1.54) is 82.7 Å². The Morgan fingerprint density at radius 3 is 1.43 bits per heavy atom. The van der Waals surface area contributed by atoms with Gasteiger partial charge in [-0.15, -0.1) is 0 Å². The van der Waals surface area contributed by atoms with E-state index in [9.17, 15) is 0 Å². The zero-order valence-corrected chi connectivity index (χ0v) is 28.4. The summed E-state index contributed by atoms with van der Waals surface area (Å²) in [6, 6.07) is 58.3. The lowest BCUT2D eigenvalue weighted by atomic mass is 9.78. The van der Waals surface area contributed by atoms with Crippen LogP contribution in [0.25, 0.3) is 66.1 Å². The summed E-state index contributed by atoms with van der Waals surface area (Å²) in [6.45, 7) is 8.97. The third-order valence-corrected chi connectivity index (χ3v) is 10.5. The second-order valence-corrected chi connectivity index (χ2v) is 14.0. The average molecular weight is 631 g/mol. The maximum Gasteiger partial charge on any atom is 0.0542 e. The van der Waals surface area contributed by atoms with Crippen LogP contribution >= 0.6 is 0 Å². The topological polar surface area (TPSA) is 9.86 Å². The van der Waals surface area contributed by atoms with Crippen LogP contribution < -0.4 is 0 Å². The molecule has 2 nitrogen and oxygen atoms in total. The highest BCUT2D eigenvalue weighted by Crippen LogP contribution is 2.39. The first-order valence-corrected chi connectivity index (χ1v) is 17.2. The number of aryl methyl sites for hydroxylation is 2. The summed E-state index contributed by atoms with van der Waals surface area (Å²) in [5.41, 5.74) is 14.7. The largest absolute Gasteiger partial charge is 0.309 e. The third-order valence-electron chi connectivity index (χ3n) is 10.5. The highest BCUT2D eigenvalue weighted by atomic mass is 15.0. The summed E-state index contributed by atoms with van der Waals surface area (Å²) in [4.78, 5) is 0. The smallest absolute Gasteiger partial charge is 0.0542 e. The molecular weight excluding hydrogens is 593 g/mol. The van der Waals surface area contributed by atoms with Crippen LogP contribution in [-0.4, -0.2) is 9.13 Å². The molecule has 236 valence electrons. The minimum Gasteiger partial charge on any atom is -0.309 e. The summed E-state index contributed by atoms with van der Waals surface area (Å²) in [7, 11) is 0. The Balaban J connectivity index is 1.27. The van der Waals surface area contributed by atoms with Crippen molar-refractivity contribution < 1.29 is 0 Å². The van der Waals surface area contributed by atoms with Gasteiger partial charge in [0, 0.05) is 38.3 Å². The van der Waals surface area contributed by atoms with Gasteiger partial charge in [0.1, 0.15) is 0 Å². The summed E-state index contributed by atoms with van der Waals surface area (Å²) >= 11 is 0. The molecule has 2 aromatic heterocycles. The molecule has 9 rings (SSSR count). The minimum atomic E-state index is -0.0977. The molecule has 0 fully saturated rings. The Bertz CT molecular complexity index is 2610. The van der Waals surface area contributed by atoms with Gasteiger partial charge < -0.3 is 9.13 Å². The minimum absolute atomic E-state index is 0.0977. The molecule has 0 saturated heterocycles. The van der Waals surface area contributed by atoms with Gasteiger partial charge >= 0.3 is 0 Å². The molecule has 0 radical (unpaired) electrons. The molecule has 0 unspecified atom stereocenters. The second-order valence-electron chi connectivity index (χ2n) is 14.0. The van der Waals surface area contributed by atoms with Crippen LogP contribution in [0.2, 0.25) is 0 Å². The van der Waals surface area contributed by atoms with Crippen LogP contribution in [0.1, 0.15) is 36.1 Å². The zero-order valence-electron chi connectivity index (χ0n) is 28.4. The van der Waals surface area contributed by atoms with E-state index in [-0.39, 0.29) is 5.41 Å². The van der Waals surface area contributed by atoms with Crippen molar-refractivity contribution in [3.63, 3.8) is 0 Å². The molecule has 0 saturated carbocycles. The van der Waals surface area contributed by atoms with Crippen molar-refractivity contribution >= 4 is 43.6 Å². The first-order chi connectivity index (χ1) is 23.9. The monoisotopic (exact) mass is 630 g/mol. The molecule has 0 atom stereocenters. The molecule has 0 bridgehead atoms. The fraction of sp³-hybridized carbons (Fsp3) is 0.106. The van der Waals surface area contributed by atoms with E-state index in [4.69, 9.17) is 0 Å². The van der Waals surface area contributed by atoms with Gasteiger partial charge in [-0.1, -0.05) is 116 Å². The number of fused-ring (bicyclic) bond motifs is 6. The van der Waals surface area contributed by atoms with Crippen molar-refractivity contribution in [3.05, 3.63) is 180 Å². The van der Waals surface area contributed by atoms with Crippen LogP contribution in [0, 0.1) is 13.8 Å². The van der Waals surface area contributed by atoms with Gasteiger partial charge in [0.25, 0.3) is 0 Å². The fourth-order valence-electron chi connectivity index (χ4n) is 7.82. The van der Waals surface area contributed by atoms with E-state index in [1.54, 1.807) is 0 Å². The normalized spacial score (nSPS) is 12.1. The van der Waals surface area contributed by atoms with E-state index in [0.29, 0.717) is 0 Å². The van der Waals surface area contributed by atoms with Gasteiger partial charge in [-0.3, -0.25) is 0 Å². The van der Waals surface area contributed by atoms with Gasteiger partial charge in [0.2, 0.25) is 0 Å². The molecule has 49 heavy (non-hydrogen) atoms. The van der Waals surface area contributed by atoms with Crippen molar-refractivity contribution in [1.29, 1.82) is 0 Å². The Kier molecular flexibility index (Phi) is 6.64. The SMILES string of the molecule is Cc1ccc2c(c1)c1cc(C)ccc1n2-c1ccc2c(c1)c1cc(-c3ccccc3)ccc1n2-c1ccc(C(C)(C)c2ccccc2)cc1. The number of hydrogen-bond acceptors (Lipinski definition) is 0. The highest BCUT2D eigenvalue weighted by Gasteiger charge is 2.23. The maximum absolute atomic E-state index is 2.44. The molecule has 7 aromatic carbocycles. The molecule has 0 amide bonds. The standard InChI is InChI=1S/C47H38N2/c1-31-15-23-43-39(27-31)40-28-32(2)16-24-44(40)49(43)38-22-26-46-42(30-38)41-29-34(33-11-7-5-8-12-33)17-25-45(41)48(46)37-20-18-36(19-21-37)47(3,4)35-13-9-6-10-14-35/h5-30H,1-4H3. The zero-order chi connectivity index (χ0) is 33.3. The third kappa shape index (κ3) is 4.70. The Hall–Kier alpha value is -5.86. The molecule has 0 aliphatic heterocycles. The summed E-state index contributed by atoms with van der Waals surface area (Å²) in [5, 5.41) is 5.09. The lowest BCUT2D eigenvalue weighted by Gasteiger charge is -2.26. The van der Waals surface area contributed by atoms with Gasteiger partial charge in [-0.05, 0) is 103 Å². The highest BCUT2D eigenvalue weighted by molar-refractivity contribution is 6.13. The van der Waals surface area contributed by atoms with E-state index in [1.807, 2.05) is 0 Å².